The van der Waals surface area contributed by atoms with E-state index in [1.54, 1.807) is 41.3 Å². The van der Waals surface area contributed by atoms with Gasteiger partial charge in [0, 0.05) is 24.1 Å². The number of ether oxygens (including phenoxy) is 2. The molecule has 0 radical (unpaired) electrons. The zero-order valence-corrected chi connectivity index (χ0v) is 17.0. The number of aromatic nitrogens is 4. The van der Waals surface area contributed by atoms with E-state index < -0.39 is 15.8 Å². The van der Waals surface area contributed by atoms with Crippen LogP contribution in [0.2, 0.25) is 0 Å². The summed E-state index contributed by atoms with van der Waals surface area (Å²) in [5.74, 6) is 0.450. The van der Waals surface area contributed by atoms with E-state index in [1.165, 1.54) is 37.7 Å². The molecule has 158 valence electrons. The molecule has 2 heterocycles. The number of hydrogen-bond acceptors (Lipinski definition) is 7. The maximum atomic E-state index is 13.8. The van der Waals surface area contributed by atoms with Crippen LogP contribution >= 0.6 is 0 Å². The van der Waals surface area contributed by atoms with Gasteiger partial charge in [-0.2, -0.15) is 5.10 Å². The van der Waals surface area contributed by atoms with Crippen molar-refractivity contribution in [2.75, 3.05) is 11.8 Å². The average Bonchev–Trinajstić information content (AvgIpc) is 3.30. The van der Waals surface area contributed by atoms with Crippen LogP contribution in [0.25, 0.3) is 5.82 Å². The second-order valence-corrected chi connectivity index (χ2v) is 7.88. The van der Waals surface area contributed by atoms with Gasteiger partial charge in [0.1, 0.15) is 12.1 Å². The van der Waals surface area contributed by atoms with Gasteiger partial charge in [-0.05, 0) is 48.5 Å². The Bertz CT molecular complexity index is 1300. The summed E-state index contributed by atoms with van der Waals surface area (Å²) in [6.07, 6.45) is 4.72. The van der Waals surface area contributed by atoms with Crippen LogP contribution in [-0.4, -0.2) is 35.3 Å². The summed E-state index contributed by atoms with van der Waals surface area (Å²) in [4.78, 5) is 7.95. The highest BCUT2D eigenvalue weighted by atomic mass is 32.2. The number of anilines is 1. The maximum Gasteiger partial charge on any atom is 0.262 e. The highest BCUT2D eigenvalue weighted by Crippen LogP contribution is 2.25. The molecule has 0 bridgehead atoms. The lowest BCUT2D eigenvalue weighted by Crippen LogP contribution is -2.13. The highest BCUT2D eigenvalue weighted by molar-refractivity contribution is 7.92. The van der Waals surface area contributed by atoms with Gasteiger partial charge in [-0.3, -0.25) is 4.72 Å². The second kappa shape index (κ2) is 8.40. The van der Waals surface area contributed by atoms with Crippen LogP contribution in [-0.2, 0) is 10.0 Å². The fourth-order valence-corrected chi connectivity index (χ4v) is 3.73. The van der Waals surface area contributed by atoms with Crippen LogP contribution in [0.5, 0.6) is 17.4 Å². The SMILES string of the molecule is COc1ccc(S(=O)(=O)Nc2ccc(Oc3cc(-n4cccn4)ncn3)cc2)cc1F. The summed E-state index contributed by atoms with van der Waals surface area (Å²) < 4.78 is 53.3. The van der Waals surface area contributed by atoms with Crippen molar-refractivity contribution in [3.8, 4) is 23.2 Å². The molecule has 2 aromatic heterocycles. The summed E-state index contributed by atoms with van der Waals surface area (Å²) in [6, 6.07) is 13.0. The zero-order valence-electron chi connectivity index (χ0n) is 16.1. The lowest BCUT2D eigenvalue weighted by Gasteiger charge is -2.10. The van der Waals surface area contributed by atoms with Gasteiger partial charge >= 0.3 is 0 Å². The number of hydrogen-bond donors (Lipinski definition) is 1. The molecule has 4 aromatic rings. The first-order valence-corrected chi connectivity index (χ1v) is 10.4. The monoisotopic (exact) mass is 441 g/mol. The molecule has 2 aromatic carbocycles. The number of nitrogens with zero attached hydrogens (tertiary/aromatic N) is 4. The normalized spacial score (nSPS) is 11.2. The summed E-state index contributed by atoms with van der Waals surface area (Å²) in [5, 5.41) is 4.10. The van der Waals surface area contributed by atoms with Crippen LogP contribution in [0.1, 0.15) is 0 Å². The number of rotatable bonds is 7. The predicted molar refractivity (Wildman–Crippen MR) is 109 cm³/mol. The Morgan fingerprint density at radius 1 is 1.06 bits per heavy atom. The van der Waals surface area contributed by atoms with Crippen molar-refractivity contribution in [1.29, 1.82) is 0 Å². The Hall–Kier alpha value is -3.99. The van der Waals surface area contributed by atoms with E-state index in [1.807, 2.05) is 0 Å². The van der Waals surface area contributed by atoms with Gasteiger partial charge in [0.05, 0.1) is 12.0 Å². The van der Waals surface area contributed by atoms with Crippen molar-refractivity contribution in [3.63, 3.8) is 0 Å². The van der Waals surface area contributed by atoms with Gasteiger partial charge in [-0.25, -0.2) is 27.5 Å². The molecule has 0 saturated heterocycles. The Balaban J connectivity index is 1.47. The topological polar surface area (TPSA) is 108 Å². The van der Waals surface area contributed by atoms with Crippen LogP contribution in [0.15, 0.2) is 78.2 Å². The molecule has 31 heavy (non-hydrogen) atoms. The Morgan fingerprint density at radius 2 is 1.87 bits per heavy atom. The third-order valence-corrected chi connectivity index (χ3v) is 5.51. The van der Waals surface area contributed by atoms with Crippen molar-refractivity contribution in [2.45, 2.75) is 4.90 Å². The fraction of sp³-hybridized carbons (Fsp3) is 0.0500. The molecular weight excluding hydrogens is 425 g/mol. The lowest BCUT2D eigenvalue weighted by atomic mass is 10.3. The minimum Gasteiger partial charge on any atom is -0.494 e. The molecule has 0 fully saturated rings. The number of methoxy groups -OCH3 is 1. The highest BCUT2D eigenvalue weighted by Gasteiger charge is 2.17. The van der Waals surface area contributed by atoms with Crippen LogP contribution in [0.4, 0.5) is 10.1 Å². The second-order valence-electron chi connectivity index (χ2n) is 6.19. The number of sulfonamides is 1. The first-order valence-electron chi connectivity index (χ1n) is 8.91. The van der Waals surface area contributed by atoms with E-state index in [-0.39, 0.29) is 16.3 Å². The van der Waals surface area contributed by atoms with Crippen LogP contribution in [0, 0.1) is 5.82 Å². The molecule has 0 aliphatic rings. The van der Waals surface area contributed by atoms with Gasteiger partial charge in [0.25, 0.3) is 10.0 Å². The first kappa shape index (κ1) is 20.3. The summed E-state index contributed by atoms with van der Waals surface area (Å²) in [6.45, 7) is 0. The van der Waals surface area contributed by atoms with Gasteiger partial charge in [-0.15, -0.1) is 0 Å². The minimum absolute atomic E-state index is 0.0408. The maximum absolute atomic E-state index is 13.8. The molecule has 0 aliphatic carbocycles. The molecule has 0 unspecified atom stereocenters. The summed E-state index contributed by atoms with van der Waals surface area (Å²) in [7, 11) is -2.68. The molecule has 0 spiro atoms. The van der Waals surface area contributed by atoms with E-state index in [4.69, 9.17) is 9.47 Å². The van der Waals surface area contributed by atoms with E-state index >= 15 is 0 Å². The number of nitrogens with one attached hydrogen (secondary N) is 1. The smallest absolute Gasteiger partial charge is 0.262 e. The minimum atomic E-state index is -3.98. The van der Waals surface area contributed by atoms with E-state index in [2.05, 4.69) is 19.8 Å². The van der Waals surface area contributed by atoms with Gasteiger partial charge in [0.15, 0.2) is 17.4 Å². The van der Waals surface area contributed by atoms with E-state index in [0.717, 1.165) is 6.07 Å². The van der Waals surface area contributed by atoms with Crippen molar-refractivity contribution >= 4 is 15.7 Å². The largest absolute Gasteiger partial charge is 0.494 e. The van der Waals surface area contributed by atoms with Crippen molar-refractivity contribution in [3.05, 3.63) is 79.1 Å². The standard InChI is InChI=1S/C20H16FN5O4S/c1-29-18-8-7-16(11-17(18)21)31(27,28)25-14-3-5-15(6-4-14)30-20-12-19(22-13-23-20)26-10-2-9-24-26/h2-13,25H,1H3. The zero-order chi connectivity index (χ0) is 21.8. The van der Waals surface area contributed by atoms with Crippen molar-refractivity contribution in [2.24, 2.45) is 0 Å². The molecular formula is C20H16FN5O4S. The fourth-order valence-electron chi connectivity index (χ4n) is 2.66. The lowest BCUT2D eigenvalue weighted by molar-refractivity contribution is 0.385. The molecule has 0 atom stereocenters. The van der Waals surface area contributed by atoms with E-state index in [9.17, 15) is 12.8 Å². The van der Waals surface area contributed by atoms with Gasteiger partial charge < -0.3 is 9.47 Å². The van der Waals surface area contributed by atoms with Crippen molar-refractivity contribution in [1.82, 2.24) is 19.7 Å². The Kier molecular flexibility index (Phi) is 5.50. The molecule has 1 N–H and O–H groups in total. The van der Waals surface area contributed by atoms with Gasteiger partial charge in [-0.1, -0.05) is 0 Å². The summed E-state index contributed by atoms with van der Waals surface area (Å²) in [5.41, 5.74) is 0.281. The Morgan fingerprint density at radius 3 is 2.55 bits per heavy atom. The van der Waals surface area contributed by atoms with Crippen molar-refractivity contribution < 1.29 is 22.3 Å². The quantitative estimate of drug-likeness (QED) is 0.468. The van der Waals surface area contributed by atoms with Crippen LogP contribution in [0.3, 0.4) is 0 Å². The molecule has 4 rings (SSSR count). The predicted octanol–water partition coefficient (Wildman–Crippen LogP) is 3.40. The van der Waals surface area contributed by atoms with Crippen LogP contribution < -0.4 is 14.2 Å². The number of benzene rings is 2. The van der Waals surface area contributed by atoms with E-state index in [0.29, 0.717) is 17.4 Å². The molecule has 11 heteroatoms. The molecule has 9 nitrogen and oxygen atoms in total. The summed E-state index contributed by atoms with van der Waals surface area (Å²) >= 11 is 0. The molecule has 0 amide bonds. The van der Waals surface area contributed by atoms with Gasteiger partial charge in [0.2, 0.25) is 5.88 Å². The Labute approximate surface area is 177 Å². The molecule has 0 aliphatic heterocycles. The number of halogens is 1. The third kappa shape index (κ3) is 4.61. The average molecular weight is 441 g/mol. The first-order chi connectivity index (χ1) is 14.9. The molecule has 0 saturated carbocycles. The third-order valence-electron chi connectivity index (χ3n) is 4.13.